The van der Waals surface area contributed by atoms with E-state index in [1.807, 2.05) is 0 Å². The van der Waals surface area contributed by atoms with Gasteiger partial charge in [-0.05, 0) is 11.4 Å². The Morgan fingerprint density at radius 3 is 2.86 bits per heavy atom. The van der Waals surface area contributed by atoms with Crippen molar-refractivity contribution in [3.8, 4) is 5.75 Å². The Labute approximate surface area is 81.2 Å². The number of carbonyl (C=O) groups is 1. The first-order valence-corrected chi connectivity index (χ1v) is 4.55. The summed E-state index contributed by atoms with van der Waals surface area (Å²) in [5, 5.41) is 20.1. The molecule has 2 heterocycles. The standard InChI is InChI=1S/C8H5NO4S/c10-5-4(8(12)13)9-7(11)3-1-2-14-6(3)5/h1-2,10H,(H,9,11)(H,12,13). The molecule has 0 spiro atoms. The van der Waals surface area contributed by atoms with Crippen molar-refractivity contribution in [1.82, 2.24) is 4.98 Å². The van der Waals surface area contributed by atoms with E-state index < -0.39 is 17.2 Å². The van der Waals surface area contributed by atoms with E-state index in [1.165, 1.54) is 6.07 Å². The highest BCUT2D eigenvalue weighted by Crippen LogP contribution is 2.29. The van der Waals surface area contributed by atoms with E-state index in [-0.39, 0.29) is 5.75 Å². The SMILES string of the molecule is O=C(O)c1[nH]c(=O)c2ccsc2c1O. The zero-order valence-electron chi connectivity index (χ0n) is 6.77. The molecule has 3 N–H and O–H groups in total. The summed E-state index contributed by atoms with van der Waals surface area (Å²) in [6, 6.07) is 1.53. The van der Waals surface area contributed by atoms with Crippen molar-refractivity contribution in [2.24, 2.45) is 0 Å². The molecule has 0 aromatic carbocycles. The van der Waals surface area contributed by atoms with Crippen LogP contribution in [0.4, 0.5) is 0 Å². The first-order valence-electron chi connectivity index (χ1n) is 3.67. The Morgan fingerprint density at radius 1 is 1.50 bits per heavy atom. The maximum atomic E-state index is 11.3. The molecule has 2 aromatic rings. The maximum absolute atomic E-state index is 11.3. The number of hydrogen-bond acceptors (Lipinski definition) is 4. The molecule has 0 amide bonds. The minimum Gasteiger partial charge on any atom is -0.504 e. The fourth-order valence-electron chi connectivity index (χ4n) is 1.18. The Morgan fingerprint density at radius 2 is 2.21 bits per heavy atom. The van der Waals surface area contributed by atoms with Gasteiger partial charge in [-0.25, -0.2) is 4.79 Å². The van der Waals surface area contributed by atoms with Crippen molar-refractivity contribution in [3.05, 3.63) is 27.5 Å². The molecule has 0 saturated heterocycles. The molecule has 0 aliphatic rings. The number of fused-ring (bicyclic) bond motifs is 1. The number of H-pyrrole nitrogens is 1. The second kappa shape index (κ2) is 2.85. The summed E-state index contributed by atoms with van der Waals surface area (Å²) in [7, 11) is 0. The largest absolute Gasteiger partial charge is 0.504 e. The number of pyridine rings is 1. The normalized spacial score (nSPS) is 10.6. The Kier molecular flexibility index (Phi) is 1.78. The van der Waals surface area contributed by atoms with Crippen LogP contribution in [0.2, 0.25) is 0 Å². The lowest BCUT2D eigenvalue weighted by Gasteiger charge is -1.99. The summed E-state index contributed by atoms with van der Waals surface area (Å²) in [6.45, 7) is 0. The van der Waals surface area contributed by atoms with Crippen LogP contribution in [0.15, 0.2) is 16.2 Å². The highest BCUT2D eigenvalue weighted by molar-refractivity contribution is 7.17. The number of aromatic carboxylic acids is 1. The molecule has 14 heavy (non-hydrogen) atoms. The fourth-order valence-corrected chi connectivity index (χ4v) is 2.02. The van der Waals surface area contributed by atoms with E-state index in [0.717, 1.165) is 11.3 Å². The Balaban J connectivity index is 2.96. The molecule has 0 aliphatic heterocycles. The molecule has 0 bridgehead atoms. The first-order chi connectivity index (χ1) is 6.61. The number of hydrogen-bond donors (Lipinski definition) is 3. The van der Waals surface area contributed by atoms with Gasteiger partial charge >= 0.3 is 5.97 Å². The lowest BCUT2D eigenvalue weighted by molar-refractivity contribution is 0.0687. The van der Waals surface area contributed by atoms with Gasteiger partial charge in [0.2, 0.25) is 0 Å². The summed E-state index contributed by atoms with van der Waals surface area (Å²) >= 11 is 1.13. The minimum atomic E-state index is -1.35. The monoisotopic (exact) mass is 211 g/mol. The Bertz CT molecular complexity index is 568. The molecule has 72 valence electrons. The van der Waals surface area contributed by atoms with Gasteiger partial charge in [-0.2, -0.15) is 0 Å². The molecular weight excluding hydrogens is 206 g/mol. The predicted octanol–water partition coefficient (Wildman–Crippen LogP) is 0.993. The number of carboxylic acids is 1. The van der Waals surface area contributed by atoms with Crippen molar-refractivity contribution < 1.29 is 15.0 Å². The molecule has 2 rings (SSSR count). The predicted molar refractivity (Wildman–Crippen MR) is 51.1 cm³/mol. The van der Waals surface area contributed by atoms with Crippen molar-refractivity contribution in [2.45, 2.75) is 0 Å². The van der Waals surface area contributed by atoms with E-state index in [0.29, 0.717) is 10.1 Å². The van der Waals surface area contributed by atoms with Crippen molar-refractivity contribution in [3.63, 3.8) is 0 Å². The third-order valence-electron chi connectivity index (χ3n) is 1.81. The van der Waals surface area contributed by atoms with E-state index in [1.54, 1.807) is 5.38 Å². The van der Waals surface area contributed by atoms with Gasteiger partial charge in [-0.15, -0.1) is 11.3 Å². The van der Waals surface area contributed by atoms with Crippen LogP contribution < -0.4 is 5.56 Å². The fraction of sp³-hybridized carbons (Fsp3) is 0. The molecule has 0 fully saturated rings. The topological polar surface area (TPSA) is 90.4 Å². The number of thiophene rings is 1. The van der Waals surface area contributed by atoms with Gasteiger partial charge in [0, 0.05) is 0 Å². The highest BCUT2D eigenvalue weighted by atomic mass is 32.1. The Hall–Kier alpha value is -1.82. The van der Waals surface area contributed by atoms with E-state index in [2.05, 4.69) is 4.98 Å². The lowest BCUT2D eigenvalue weighted by Crippen LogP contribution is -2.12. The van der Waals surface area contributed by atoms with Crippen LogP contribution in [0, 0.1) is 0 Å². The summed E-state index contributed by atoms with van der Waals surface area (Å²) < 4.78 is 0.297. The van der Waals surface area contributed by atoms with Gasteiger partial charge < -0.3 is 15.2 Å². The molecule has 5 nitrogen and oxygen atoms in total. The van der Waals surface area contributed by atoms with Crippen LogP contribution >= 0.6 is 11.3 Å². The molecule has 6 heteroatoms. The summed E-state index contributed by atoms with van der Waals surface area (Å²) in [5.41, 5.74) is -0.971. The van der Waals surface area contributed by atoms with Crippen LogP contribution in [-0.2, 0) is 0 Å². The minimum absolute atomic E-state index is 0.297. The maximum Gasteiger partial charge on any atom is 0.356 e. The molecule has 0 atom stereocenters. The zero-order chi connectivity index (χ0) is 10.3. The number of aromatic amines is 1. The summed E-state index contributed by atoms with van der Waals surface area (Å²) in [6.07, 6.45) is 0. The van der Waals surface area contributed by atoms with Gasteiger partial charge in [0.1, 0.15) is 0 Å². The smallest absolute Gasteiger partial charge is 0.356 e. The average Bonchev–Trinajstić information content (AvgIpc) is 2.59. The van der Waals surface area contributed by atoms with E-state index >= 15 is 0 Å². The quantitative estimate of drug-likeness (QED) is 0.656. The van der Waals surface area contributed by atoms with Crippen LogP contribution in [0.1, 0.15) is 10.5 Å². The molecule has 0 aliphatic carbocycles. The van der Waals surface area contributed by atoms with Crippen molar-refractivity contribution >= 4 is 27.4 Å². The summed E-state index contributed by atoms with van der Waals surface area (Å²) in [5.74, 6) is -1.74. The number of rotatable bonds is 1. The van der Waals surface area contributed by atoms with Gasteiger partial charge in [0.05, 0.1) is 10.1 Å². The van der Waals surface area contributed by atoms with Gasteiger partial charge in [0.15, 0.2) is 11.4 Å². The van der Waals surface area contributed by atoms with Gasteiger partial charge in [0.25, 0.3) is 5.56 Å². The first kappa shape index (κ1) is 8.76. The zero-order valence-corrected chi connectivity index (χ0v) is 7.59. The summed E-state index contributed by atoms with van der Waals surface area (Å²) in [4.78, 5) is 24.0. The molecule has 0 unspecified atom stereocenters. The second-order valence-electron chi connectivity index (χ2n) is 2.65. The van der Waals surface area contributed by atoms with E-state index in [4.69, 9.17) is 5.11 Å². The van der Waals surface area contributed by atoms with Crippen molar-refractivity contribution in [2.75, 3.05) is 0 Å². The molecular formula is C8H5NO4S. The van der Waals surface area contributed by atoms with Crippen LogP contribution in [0.5, 0.6) is 5.75 Å². The third kappa shape index (κ3) is 1.08. The second-order valence-corrected chi connectivity index (χ2v) is 3.56. The number of nitrogens with one attached hydrogen (secondary N) is 1. The highest BCUT2D eigenvalue weighted by Gasteiger charge is 2.16. The van der Waals surface area contributed by atoms with Gasteiger partial charge in [-0.3, -0.25) is 4.79 Å². The van der Waals surface area contributed by atoms with E-state index in [9.17, 15) is 14.7 Å². The lowest BCUT2D eigenvalue weighted by atomic mass is 10.2. The van der Waals surface area contributed by atoms with Crippen LogP contribution in [-0.4, -0.2) is 21.2 Å². The number of carboxylic acid groups (broad SMARTS) is 1. The average molecular weight is 211 g/mol. The third-order valence-corrected chi connectivity index (χ3v) is 2.74. The van der Waals surface area contributed by atoms with Crippen LogP contribution in [0.3, 0.4) is 0 Å². The van der Waals surface area contributed by atoms with Crippen molar-refractivity contribution in [1.29, 1.82) is 0 Å². The number of aromatic hydroxyl groups is 1. The molecule has 2 aromatic heterocycles. The van der Waals surface area contributed by atoms with Gasteiger partial charge in [-0.1, -0.05) is 0 Å². The molecule has 0 radical (unpaired) electrons. The van der Waals surface area contributed by atoms with Crippen LogP contribution in [0.25, 0.3) is 10.1 Å². The molecule has 0 saturated carbocycles. The number of aromatic nitrogens is 1.